The third kappa shape index (κ3) is 2.12. The first-order chi connectivity index (χ1) is 10.6. The molecule has 0 aliphatic heterocycles. The Morgan fingerprint density at radius 3 is 2.59 bits per heavy atom. The maximum absolute atomic E-state index is 12.7. The number of hydrogen-bond donors (Lipinski definition) is 1. The zero-order valence-corrected chi connectivity index (χ0v) is 12.5. The van der Waals surface area contributed by atoms with Crippen LogP contribution in [-0.2, 0) is 14.3 Å². The van der Waals surface area contributed by atoms with Crippen molar-refractivity contribution in [1.82, 2.24) is 5.32 Å². The van der Waals surface area contributed by atoms with Crippen LogP contribution in [0.25, 0.3) is 0 Å². The van der Waals surface area contributed by atoms with Crippen LogP contribution in [0.5, 0.6) is 0 Å². The summed E-state index contributed by atoms with van der Waals surface area (Å²) in [7, 11) is 0. The molecule has 116 valence electrons. The molecular weight excluding hydrogens is 282 g/mol. The van der Waals surface area contributed by atoms with Crippen molar-refractivity contribution < 1.29 is 19.1 Å². The summed E-state index contributed by atoms with van der Waals surface area (Å²) < 4.78 is 5.11. The summed E-state index contributed by atoms with van der Waals surface area (Å²) in [5, 5.41) is 2.71. The van der Waals surface area contributed by atoms with E-state index in [9.17, 15) is 14.4 Å². The molecule has 0 radical (unpaired) electrons. The first kappa shape index (κ1) is 14.8. The molecule has 2 aliphatic carbocycles. The Balaban J connectivity index is 1.92. The number of Topliss-reactive ketones (excluding diaryl/α,β-unsaturated/α-hetero) is 1. The molecule has 3 atom stereocenters. The van der Waals surface area contributed by atoms with Gasteiger partial charge < -0.3 is 10.1 Å². The van der Waals surface area contributed by atoms with E-state index in [0.29, 0.717) is 12.0 Å². The summed E-state index contributed by atoms with van der Waals surface area (Å²) >= 11 is 0. The number of amides is 1. The Kier molecular flexibility index (Phi) is 3.72. The second-order valence-electron chi connectivity index (χ2n) is 5.92. The molecule has 0 aromatic heterocycles. The Hall–Kier alpha value is -2.17. The van der Waals surface area contributed by atoms with Crippen molar-refractivity contribution in [3.8, 4) is 0 Å². The van der Waals surface area contributed by atoms with Gasteiger partial charge in [0.05, 0.1) is 6.61 Å². The molecule has 2 saturated carbocycles. The molecule has 0 saturated heterocycles. The van der Waals surface area contributed by atoms with Crippen molar-refractivity contribution in [1.29, 1.82) is 0 Å². The van der Waals surface area contributed by atoms with Gasteiger partial charge in [0.25, 0.3) is 5.91 Å². The normalized spacial score (nSPS) is 29.4. The van der Waals surface area contributed by atoms with E-state index >= 15 is 0 Å². The van der Waals surface area contributed by atoms with Crippen LogP contribution < -0.4 is 5.32 Å². The van der Waals surface area contributed by atoms with Gasteiger partial charge >= 0.3 is 5.97 Å². The first-order valence-corrected chi connectivity index (χ1v) is 7.68. The minimum absolute atomic E-state index is 0.134. The zero-order chi connectivity index (χ0) is 15.7. The molecule has 2 bridgehead atoms. The fraction of sp³-hybridized carbons (Fsp3) is 0.471. The zero-order valence-electron chi connectivity index (χ0n) is 12.5. The van der Waals surface area contributed by atoms with Gasteiger partial charge in [-0.15, -0.1) is 0 Å². The minimum atomic E-state index is -1.49. The third-order valence-electron chi connectivity index (χ3n) is 4.75. The van der Waals surface area contributed by atoms with Crippen molar-refractivity contribution >= 4 is 17.7 Å². The maximum Gasteiger partial charge on any atom is 0.340 e. The molecule has 0 spiro atoms. The van der Waals surface area contributed by atoms with Crippen LogP contribution >= 0.6 is 0 Å². The average Bonchev–Trinajstić information content (AvgIpc) is 3.11. The molecule has 3 rings (SSSR count). The number of carbonyl (C=O) groups is 3. The Labute approximate surface area is 129 Å². The van der Waals surface area contributed by atoms with Gasteiger partial charge in [-0.25, -0.2) is 4.79 Å². The molecule has 2 aliphatic rings. The van der Waals surface area contributed by atoms with Crippen molar-refractivity contribution in [2.45, 2.75) is 31.7 Å². The lowest BCUT2D eigenvalue weighted by atomic mass is 9.79. The lowest BCUT2D eigenvalue weighted by Crippen LogP contribution is -2.63. The van der Waals surface area contributed by atoms with Gasteiger partial charge in [-0.1, -0.05) is 18.2 Å². The van der Waals surface area contributed by atoms with Gasteiger partial charge in [0.1, 0.15) is 0 Å². The van der Waals surface area contributed by atoms with E-state index in [-0.39, 0.29) is 24.2 Å². The van der Waals surface area contributed by atoms with Crippen molar-refractivity contribution in [3.05, 3.63) is 35.9 Å². The molecule has 22 heavy (non-hydrogen) atoms. The molecule has 0 heterocycles. The maximum atomic E-state index is 12.7. The van der Waals surface area contributed by atoms with Gasteiger partial charge in [-0.3, -0.25) is 9.59 Å². The SMILES string of the molecule is CCOC(=O)[C@@]1(NC(=O)c2ccccc2)C(=O)[C@H]2CC[C@@H]1C2. The standard InChI is InChI=1S/C17H19NO4/c1-2-22-16(21)17(13-9-8-12(10-13)14(17)19)18-15(20)11-6-4-3-5-7-11/h3-7,12-13H,2,8-10H2,1H3,(H,18,20)/t12-,13+,17-/m0/s1. The van der Waals surface area contributed by atoms with E-state index < -0.39 is 17.4 Å². The number of hydrogen-bond acceptors (Lipinski definition) is 4. The number of fused-ring (bicyclic) bond motifs is 2. The summed E-state index contributed by atoms with van der Waals surface area (Å²) in [6.45, 7) is 1.88. The molecule has 1 aromatic carbocycles. The van der Waals surface area contributed by atoms with Crippen LogP contribution in [0, 0.1) is 11.8 Å². The Morgan fingerprint density at radius 1 is 1.27 bits per heavy atom. The van der Waals surface area contributed by atoms with E-state index in [1.165, 1.54) is 0 Å². The van der Waals surface area contributed by atoms with Crippen molar-refractivity contribution in [3.63, 3.8) is 0 Å². The minimum Gasteiger partial charge on any atom is -0.464 e. The average molecular weight is 301 g/mol. The van der Waals surface area contributed by atoms with Crippen molar-refractivity contribution in [2.24, 2.45) is 11.8 Å². The lowest BCUT2D eigenvalue weighted by molar-refractivity contribution is -0.157. The van der Waals surface area contributed by atoms with E-state index in [2.05, 4.69) is 5.32 Å². The molecule has 1 aromatic rings. The summed E-state index contributed by atoms with van der Waals surface area (Å²) in [6, 6.07) is 8.61. The highest BCUT2D eigenvalue weighted by Gasteiger charge is 2.64. The second-order valence-corrected chi connectivity index (χ2v) is 5.92. The van der Waals surface area contributed by atoms with E-state index in [0.717, 1.165) is 12.8 Å². The van der Waals surface area contributed by atoms with Gasteiger partial charge in [-0.05, 0) is 38.3 Å². The largest absolute Gasteiger partial charge is 0.464 e. The van der Waals surface area contributed by atoms with Gasteiger partial charge in [0.15, 0.2) is 5.78 Å². The number of ether oxygens (including phenoxy) is 1. The number of esters is 1. The van der Waals surface area contributed by atoms with Gasteiger partial charge in [0.2, 0.25) is 5.54 Å². The van der Waals surface area contributed by atoms with E-state index in [4.69, 9.17) is 4.74 Å². The molecule has 1 amide bonds. The van der Waals surface area contributed by atoms with Crippen LogP contribution in [-0.4, -0.2) is 29.8 Å². The number of rotatable bonds is 4. The third-order valence-corrected chi connectivity index (χ3v) is 4.75. The highest BCUT2D eigenvalue weighted by molar-refractivity contribution is 6.15. The smallest absolute Gasteiger partial charge is 0.340 e. The number of nitrogens with one attached hydrogen (secondary N) is 1. The first-order valence-electron chi connectivity index (χ1n) is 7.68. The van der Waals surface area contributed by atoms with Crippen LogP contribution in [0.3, 0.4) is 0 Å². The van der Waals surface area contributed by atoms with Gasteiger partial charge in [-0.2, -0.15) is 0 Å². The molecule has 5 nitrogen and oxygen atoms in total. The van der Waals surface area contributed by atoms with E-state index in [1.54, 1.807) is 37.3 Å². The number of carbonyl (C=O) groups excluding carboxylic acids is 3. The molecular formula is C17H19NO4. The number of benzene rings is 1. The Morgan fingerprint density at radius 2 is 2.00 bits per heavy atom. The summed E-state index contributed by atoms with van der Waals surface area (Å²) in [6.07, 6.45) is 2.23. The molecule has 0 unspecified atom stereocenters. The monoisotopic (exact) mass is 301 g/mol. The highest BCUT2D eigenvalue weighted by Crippen LogP contribution is 2.49. The van der Waals surface area contributed by atoms with E-state index in [1.807, 2.05) is 0 Å². The van der Waals surface area contributed by atoms with Crippen LogP contribution in [0.1, 0.15) is 36.5 Å². The molecule has 2 fully saturated rings. The quantitative estimate of drug-likeness (QED) is 0.679. The van der Waals surface area contributed by atoms with Crippen LogP contribution in [0.2, 0.25) is 0 Å². The van der Waals surface area contributed by atoms with Crippen LogP contribution in [0.4, 0.5) is 0 Å². The summed E-state index contributed by atoms with van der Waals surface area (Å²) in [4.78, 5) is 37.6. The molecule has 1 N–H and O–H groups in total. The summed E-state index contributed by atoms with van der Waals surface area (Å²) in [5.41, 5.74) is -1.06. The summed E-state index contributed by atoms with van der Waals surface area (Å²) in [5.74, 6) is -1.50. The predicted molar refractivity (Wildman–Crippen MR) is 79.1 cm³/mol. The fourth-order valence-electron chi connectivity index (χ4n) is 3.70. The lowest BCUT2D eigenvalue weighted by Gasteiger charge is -2.34. The second kappa shape index (κ2) is 5.55. The van der Waals surface area contributed by atoms with Gasteiger partial charge in [0, 0.05) is 17.4 Å². The van der Waals surface area contributed by atoms with Crippen LogP contribution in [0.15, 0.2) is 30.3 Å². The van der Waals surface area contributed by atoms with Crippen molar-refractivity contribution in [2.75, 3.05) is 6.61 Å². The Bertz CT molecular complexity index is 612. The molecule has 5 heteroatoms. The topological polar surface area (TPSA) is 72.5 Å². The predicted octanol–water partition coefficient (Wildman–Crippen LogP) is 1.72. The fourth-order valence-corrected chi connectivity index (χ4v) is 3.70. The highest BCUT2D eigenvalue weighted by atomic mass is 16.5. The number of ketones is 1.